The van der Waals surface area contributed by atoms with E-state index in [4.69, 9.17) is 4.84 Å². The van der Waals surface area contributed by atoms with Gasteiger partial charge in [0.15, 0.2) is 0 Å². The van der Waals surface area contributed by atoms with Crippen LogP contribution in [0.3, 0.4) is 0 Å². The highest BCUT2D eigenvalue weighted by Crippen LogP contribution is 2.38. The summed E-state index contributed by atoms with van der Waals surface area (Å²) >= 11 is 0. The first-order valence-corrected chi connectivity index (χ1v) is 12.8. The number of halogens is 2. The van der Waals surface area contributed by atoms with Gasteiger partial charge in [-0.2, -0.15) is 0 Å². The van der Waals surface area contributed by atoms with Crippen LogP contribution in [0.25, 0.3) is 0 Å². The van der Waals surface area contributed by atoms with Crippen molar-refractivity contribution in [2.24, 2.45) is 5.16 Å². The molecule has 0 heterocycles. The zero-order chi connectivity index (χ0) is 27.2. The van der Waals surface area contributed by atoms with Crippen LogP contribution < -0.4 is 10.6 Å². The second-order valence-electron chi connectivity index (χ2n) is 11.0. The van der Waals surface area contributed by atoms with Crippen LogP contribution in [0.5, 0.6) is 0 Å². The summed E-state index contributed by atoms with van der Waals surface area (Å²) in [4.78, 5) is 16.9. The van der Waals surface area contributed by atoms with Gasteiger partial charge >= 0.3 is 0 Å². The average Bonchev–Trinajstić information content (AvgIpc) is 2.82. The van der Waals surface area contributed by atoms with Crippen molar-refractivity contribution in [2.75, 3.05) is 13.7 Å². The van der Waals surface area contributed by atoms with Crippen molar-refractivity contribution >= 4 is 11.6 Å². The molecule has 0 aliphatic heterocycles. The zero-order valence-corrected chi connectivity index (χ0v) is 22.4. The highest BCUT2D eigenvalue weighted by molar-refractivity contribution is 5.85. The van der Waals surface area contributed by atoms with E-state index in [1.165, 1.54) is 24.6 Å². The zero-order valence-electron chi connectivity index (χ0n) is 22.4. The van der Waals surface area contributed by atoms with E-state index in [-0.39, 0.29) is 24.3 Å². The average molecular weight is 516 g/mol. The summed E-state index contributed by atoms with van der Waals surface area (Å²) in [5, 5.41) is 21.7. The Labute approximate surface area is 218 Å². The smallest absolute Gasteiger partial charge is 0.217 e. The molecule has 1 aliphatic carbocycles. The molecule has 2 atom stereocenters. The molecule has 6 nitrogen and oxygen atoms in total. The third-order valence-corrected chi connectivity index (χ3v) is 7.06. The highest BCUT2D eigenvalue weighted by atomic mass is 19.1. The van der Waals surface area contributed by atoms with Crippen LogP contribution in [0.1, 0.15) is 70.1 Å². The van der Waals surface area contributed by atoms with Crippen LogP contribution in [-0.2, 0) is 27.0 Å². The van der Waals surface area contributed by atoms with Crippen molar-refractivity contribution in [1.29, 1.82) is 0 Å². The van der Waals surface area contributed by atoms with Gasteiger partial charge in [0.2, 0.25) is 5.91 Å². The number of rotatable bonds is 9. The van der Waals surface area contributed by atoms with Crippen LogP contribution in [0, 0.1) is 11.6 Å². The maximum atomic E-state index is 13.8. The Balaban J connectivity index is 1.85. The first kappa shape index (κ1) is 28.7. The van der Waals surface area contributed by atoms with Crippen molar-refractivity contribution in [1.82, 2.24) is 10.6 Å². The van der Waals surface area contributed by atoms with Gasteiger partial charge in [-0.05, 0) is 66.3 Å². The molecule has 2 aromatic carbocycles. The summed E-state index contributed by atoms with van der Waals surface area (Å²) in [6.07, 6.45) is 2.11. The Morgan fingerprint density at radius 3 is 2.35 bits per heavy atom. The molecule has 0 bridgehead atoms. The normalized spacial score (nSPS) is 19.7. The maximum absolute atomic E-state index is 13.8. The quantitative estimate of drug-likeness (QED) is 0.422. The number of hydrogen-bond acceptors (Lipinski definition) is 5. The number of carbonyl (C=O) groups excluding carboxylic acids is 1. The van der Waals surface area contributed by atoms with E-state index in [9.17, 15) is 18.7 Å². The number of oxime groups is 1. The fraction of sp³-hybridized carbons (Fsp3) is 0.517. The van der Waals surface area contributed by atoms with Gasteiger partial charge in [0.05, 0.1) is 17.9 Å². The predicted octanol–water partition coefficient (Wildman–Crippen LogP) is 4.73. The molecule has 1 amide bonds. The van der Waals surface area contributed by atoms with E-state index in [0.29, 0.717) is 5.56 Å². The summed E-state index contributed by atoms with van der Waals surface area (Å²) in [5.74, 6) is -1.72. The fourth-order valence-electron chi connectivity index (χ4n) is 5.01. The predicted molar refractivity (Wildman–Crippen MR) is 141 cm³/mol. The molecular formula is C29H39F2N3O3. The molecule has 0 spiro atoms. The van der Waals surface area contributed by atoms with Crippen molar-refractivity contribution in [3.8, 4) is 0 Å². The molecule has 202 valence electrons. The summed E-state index contributed by atoms with van der Waals surface area (Å²) in [6.45, 7) is 8.06. The van der Waals surface area contributed by atoms with E-state index >= 15 is 0 Å². The second kappa shape index (κ2) is 12.1. The fourth-order valence-corrected chi connectivity index (χ4v) is 5.01. The molecule has 0 aromatic heterocycles. The van der Waals surface area contributed by atoms with Crippen LogP contribution in [0.15, 0.2) is 47.6 Å². The van der Waals surface area contributed by atoms with Gasteiger partial charge in [0.1, 0.15) is 18.7 Å². The third-order valence-electron chi connectivity index (χ3n) is 7.06. The van der Waals surface area contributed by atoms with Crippen molar-refractivity contribution in [2.45, 2.75) is 82.9 Å². The van der Waals surface area contributed by atoms with Crippen LogP contribution >= 0.6 is 0 Å². The number of nitrogens with one attached hydrogen (secondary N) is 2. The monoisotopic (exact) mass is 515 g/mol. The Bertz CT molecular complexity index is 1080. The lowest BCUT2D eigenvalue weighted by atomic mass is 9.74. The van der Waals surface area contributed by atoms with Gasteiger partial charge in [-0.15, -0.1) is 0 Å². The topological polar surface area (TPSA) is 82.9 Å². The minimum atomic E-state index is -0.994. The van der Waals surface area contributed by atoms with E-state index in [1.54, 1.807) is 7.11 Å². The lowest BCUT2D eigenvalue weighted by molar-refractivity contribution is -0.120. The summed E-state index contributed by atoms with van der Waals surface area (Å²) < 4.78 is 27.5. The maximum Gasteiger partial charge on any atom is 0.217 e. The number of carbonyl (C=O) groups is 1. The molecule has 8 heteroatoms. The minimum absolute atomic E-state index is 0.0230. The first-order chi connectivity index (χ1) is 17.4. The van der Waals surface area contributed by atoms with Crippen molar-refractivity contribution in [3.05, 3.63) is 70.8 Å². The molecule has 2 aromatic rings. The third kappa shape index (κ3) is 7.82. The molecule has 0 saturated heterocycles. The molecule has 3 N–H and O–H groups in total. The van der Waals surface area contributed by atoms with E-state index < -0.39 is 29.3 Å². The molecule has 1 unspecified atom stereocenters. The van der Waals surface area contributed by atoms with Gasteiger partial charge < -0.3 is 20.6 Å². The molecule has 1 aliphatic rings. The molecule has 1 fully saturated rings. The SMILES string of the molecule is CON=C1CCC(NC[C@@H](O)C(Cc2cc(F)cc(F)c2)NC(C)=O)(c2cccc(C(C)(C)C)c2)CC1. The molecular weight excluding hydrogens is 476 g/mol. The molecule has 1 saturated carbocycles. The van der Waals surface area contributed by atoms with Crippen LogP contribution in [-0.4, -0.2) is 42.5 Å². The number of nitrogens with zero attached hydrogens (tertiary/aromatic N) is 1. The van der Waals surface area contributed by atoms with E-state index in [2.05, 4.69) is 60.8 Å². The minimum Gasteiger partial charge on any atom is -0.399 e. The molecule has 37 heavy (non-hydrogen) atoms. The molecule has 0 radical (unpaired) electrons. The summed E-state index contributed by atoms with van der Waals surface area (Å²) in [7, 11) is 1.54. The van der Waals surface area contributed by atoms with Crippen molar-refractivity contribution in [3.63, 3.8) is 0 Å². The summed E-state index contributed by atoms with van der Waals surface area (Å²) in [5.41, 5.74) is 3.27. The highest BCUT2D eigenvalue weighted by Gasteiger charge is 2.37. The number of benzene rings is 2. The second-order valence-corrected chi connectivity index (χ2v) is 11.0. The van der Waals surface area contributed by atoms with Crippen molar-refractivity contribution < 1.29 is 23.5 Å². The number of amides is 1. The van der Waals surface area contributed by atoms with Gasteiger partial charge in [0.25, 0.3) is 0 Å². The van der Waals surface area contributed by atoms with E-state index in [0.717, 1.165) is 43.0 Å². The number of aliphatic hydroxyl groups excluding tert-OH is 1. The first-order valence-electron chi connectivity index (χ1n) is 12.8. The molecule has 3 rings (SSSR count). The number of hydrogen-bond donors (Lipinski definition) is 3. The summed E-state index contributed by atoms with van der Waals surface area (Å²) in [6, 6.07) is 11.0. The van der Waals surface area contributed by atoms with Gasteiger partial charge in [0, 0.05) is 25.1 Å². The standard InChI is InChI=1S/C29H39F2N3O3/c1-19(35)33-26(15-20-13-23(30)17-24(31)14-20)27(36)18-32-29(11-9-25(10-12-29)34-37-5)22-8-6-7-21(16-22)28(2,3)4/h6-8,13-14,16-17,26-27,32,36H,9-12,15,18H2,1-5H3,(H,33,35)/t26?,27-,29?/m1/s1. The van der Waals surface area contributed by atoms with E-state index in [1.807, 2.05) is 0 Å². The lowest BCUT2D eigenvalue weighted by Gasteiger charge is -2.41. The number of aliphatic hydroxyl groups is 1. The lowest BCUT2D eigenvalue weighted by Crippen LogP contribution is -2.53. The Hall–Kier alpha value is -2.84. The van der Waals surface area contributed by atoms with Crippen LogP contribution in [0.4, 0.5) is 8.78 Å². The Morgan fingerprint density at radius 1 is 1.14 bits per heavy atom. The van der Waals surface area contributed by atoms with Gasteiger partial charge in [-0.25, -0.2) is 8.78 Å². The largest absolute Gasteiger partial charge is 0.399 e. The Kier molecular flexibility index (Phi) is 9.42. The van der Waals surface area contributed by atoms with Crippen LogP contribution in [0.2, 0.25) is 0 Å². The van der Waals surface area contributed by atoms with Gasteiger partial charge in [-0.1, -0.05) is 50.2 Å². The Morgan fingerprint density at radius 2 is 1.78 bits per heavy atom. The van der Waals surface area contributed by atoms with Gasteiger partial charge in [-0.3, -0.25) is 4.79 Å².